The highest BCUT2D eigenvalue weighted by Gasteiger charge is 2.35. The summed E-state index contributed by atoms with van der Waals surface area (Å²) in [5, 5.41) is 19.6. The summed E-state index contributed by atoms with van der Waals surface area (Å²) in [6.45, 7) is 3.10. The molecule has 4 aromatic rings. The van der Waals surface area contributed by atoms with E-state index >= 15 is 0 Å². The SMILES string of the molecule is Cc1ccc(S(=O)(=O)N2Cc3nnn(Cc4ccccc4)c3CN(S(=O)(=O)c3ccc(C)cc3)CC(O)C2)cc1. The molecule has 0 aliphatic carbocycles. The molecule has 2 heterocycles. The van der Waals surface area contributed by atoms with E-state index < -0.39 is 26.2 Å². The molecule has 12 heteroatoms. The number of aliphatic hydroxyl groups is 1. The van der Waals surface area contributed by atoms with Gasteiger partial charge in [0.1, 0.15) is 5.69 Å². The Kier molecular flexibility index (Phi) is 7.89. The second kappa shape index (κ2) is 11.2. The quantitative estimate of drug-likeness (QED) is 0.371. The summed E-state index contributed by atoms with van der Waals surface area (Å²) in [6.07, 6.45) is -1.29. The Bertz CT molecular complexity index is 1690. The summed E-state index contributed by atoms with van der Waals surface area (Å²) in [7, 11) is -8.09. The lowest BCUT2D eigenvalue weighted by atomic mass is 10.2. The number of hydrogen-bond donors (Lipinski definition) is 1. The topological polar surface area (TPSA) is 126 Å². The van der Waals surface area contributed by atoms with Crippen LogP contribution < -0.4 is 0 Å². The number of fused-ring (bicyclic) bond motifs is 1. The van der Waals surface area contributed by atoms with Gasteiger partial charge in [-0.1, -0.05) is 70.9 Å². The highest BCUT2D eigenvalue weighted by atomic mass is 32.2. The van der Waals surface area contributed by atoms with Crippen LogP contribution in [-0.4, -0.2) is 64.7 Å². The summed E-state index contributed by atoms with van der Waals surface area (Å²) in [6, 6.07) is 22.4. The molecule has 1 aliphatic rings. The molecule has 0 saturated carbocycles. The Hall–Kier alpha value is -3.42. The lowest BCUT2D eigenvalue weighted by molar-refractivity contribution is 0.121. The summed E-state index contributed by atoms with van der Waals surface area (Å²) in [4.78, 5) is 0.157. The molecule has 3 aromatic carbocycles. The van der Waals surface area contributed by atoms with Gasteiger partial charge in [0.2, 0.25) is 20.0 Å². The molecular formula is C28H31N5O5S2. The first-order valence-corrected chi connectivity index (χ1v) is 15.7. The summed E-state index contributed by atoms with van der Waals surface area (Å²) < 4.78 is 58.9. The van der Waals surface area contributed by atoms with Crippen LogP contribution in [0.5, 0.6) is 0 Å². The van der Waals surface area contributed by atoms with Gasteiger partial charge >= 0.3 is 0 Å². The van der Waals surface area contributed by atoms with Crippen molar-refractivity contribution in [3.05, 3.63) is 107 Å². The molecule has 0 saturated heterocycles. The molecule has 0 spiro atoms. The lowest BCUT2D eigenvalue weighted by Crippen LogP contribution is -2.43. The third-order valence-electron chi connectivity index (χ3n) is 6.89. The van der Waals surface area contributed by atoms with Crippen molar-refractivity contribution in [2.24, 2.45) is 0 Å². The smallest absolute Gasteiger partial charge is 0.243 e. The van der Waals surface area contributed by atoms with E-state index in [1.54, 1.807) is 28.9 Å². The van der Waals surface area contributed by atoms with Crippen LogP contribution in [0.15, 0.2) is 88.7 Å². The van der Waals surface area contributed by atoms with Crippen LogP contribution in [0.2, 0.25) is 0 Å². The van der Waals surface area contributed by atoms with Crippen molar-refractivity contribution < 1.29 is 21.9 Å². The number of sulfonamides is 2. The standard InChI is InChI=1S/C28H31N5O5S2/c1-21-8-12-25(13-9-21)39(35,36)31-17-24(34)18-32(40(37,38)26-14-10-22(2)11-15-26)20-28-27(19-31)29-30-33(28)16-23-6-4-3-5-7-23/h3-15,24,34H,16-20H2,1-2H3. The predicted molar refractivity (Wildman–Crippen MR) is 149 cm³/mol. The number of hydrogen-bond acceptors (Lipinski definition) is 7. The maximum Gasteiger partial charge on any atom is 0.243 e. The molecular weight excluding hydrogens is 550 g/mol. The van der Waals surface area contributed by atoms with Gasteiger partial charge in [-0.05, 0) is 43.7 Å². The monoisotopic (exact) mass is 581 g/mol. The summed E-state index contributed by atoms with van der Waals surface area (Å²) >= 11 is 0. The zero-order valence-electron chi connectivity index (χ0n) is 22.3. The average Bonchev–Trinajstić information content (AvgIpc) is 3.31. The molecule has 1 N–H and O–H groups in total. The Balaban J connectivity index is 1.58. The average molecular weight is 582 g/mol. The van der Waals surface area contributed by atoms with Crippen LogP contribution in [0.25, 0.3) is 0 Å². The molecule has 0 bridgehead atoms. The first kappa shape index (κ1) is 28.1. The van der Waals surface area contributed by atoms with Crippen molar-refractivity contribution in [1.29, 1.82) is 0 Å². The molecule has 1 aromatic heterocycles. The van der Waals surface area contributed by atoms with Gasteiger partial charge in [-0.25, -0.2) is 21.5 Å². The molecule has 10 nitrogen and oxygen atoms in total. The van der Waals surface area contributed by atoms with Crippen molar-refractivity contribution in [1.82, 2.24) is 23.6 Å². The van der Waals surface area contributed by atoms with Crippen molar-refractivity contribution >= 4 is 20.0 Å². The second-order valence-corrected chi connectivity index (χ2v) is 13.9. The maximum absolute atomic E-state index is 13.8. The van der Waals surface area contributed by atoms with Gasteiger partial charge in [-0.3, -0.25) is 0 Å². The molecule has 0 fully saturated rings. The fourth-order valence-corrected chi connectivity index (χ4v) is 7.50. The van der Waals surface area contributed by atoms with Crippen molar-refractivity contribution in [2.75, 3.05) is 13.1 Å². The third-order valence-corrected chi connectivity index (χ3v) is 10.5. The highest BCUT2D eigenvalue weighted by Crippen LogP contribution is 2.26. The minimum Gasteiger partial charge on any atom is -0.390 e. The normalized spacial score (nSPS) is 17.5. The fraction of sp³-hybridized carbons (Fsp3) is 0.286. The first-order valence-electron chi connectivity index (χ1n) is 12.8. The van der Waals surface area contributed by atoms with Gasteiger partial charge in [0.15, 0.2) is 0 Å². The van der Waals surface area contributed by atoms with Crippen LogP contribution in [0, 0.1) is 13.8 Å². The van der Waals surface area contributed by atoms with E-state index in [9.17, 15) is 21.9 Å². The second-order valence-electron chi connectivity index (χ2n) is 10.0. The number of benzene rings is 3. The highest BCUT2D eigenvalue weighted by molar-refractivity contribution is 7.89. The van der Waals surface area contributed by atoms with Crippen molar-refractivity contribution in [3.8, 4) is 0 Å². The zero-order chi connectivity index (χ0) is 28.5. The van der Waals surface area contributed by atoms with Crippen LogP contribution >= 0.6 is 0 Å². The van der Waals surface area contributed by atoms with Gasteiger partial charge in [-0.2, -0.15) is 8.61 Å². The van der Waals surface area contributed by atoms with Crippen LogP contribution in [0.3, 0.4) is 0 Å². The van der Waals surface area contributed by atoms with Crippen LogP contribution in [0.1, 0.15) is 28.1 Å². The Morgan fingerprint density at radius 3 is 1.77 bits per heavy atom. The van der Waals surface area contributed by atoms with Gasteiger partial charge in [0.25, 0.3) is 0 Å². The molecule has 5 rings (SSSR count). The van der Waals surface area contributed by atoms with E-state index in [0.29, 0.717) is 17.9 Å². The molecule has 1 aliphatic heterocycles. The minimum atomic E-state index is -4.05. The van der Waals surface area contributed by atoms with Gasteiger partial charge in [0.05, 0.1) is 41.2 Å². The number of β-amino-alcohol motifs (C(OH)–C–C–N with tert-alkyl or cyclic N) is 1. The Labute approximate surface area is 234 Å². The predicted octanol–water partition coefficient (Wildman–Crippen LogP) is 2.70. The van der Waals surface area contributed by atoms with Gasteiger partial charge in [0, 0.05) is 13.1 Å². The van der Waals surface area contributed by atoms with Gasteiger partial charge in [-0.15, -0.1) is 5.10 Å². The number of aliphatic hydroxyl groups excluding tert-OH is 1. The Morgan fingerprint density at radius 2 is 1.25 bits per heavy atom. The lowest BCUT2D eigenvalue weighted by Gasteiger charge is -2.26. The van der Waals surface area contributed by atoms with Crippen molar-refractivity contribution in [2.45, 2.75) is 49.4 Å². The number of aromatic nitrogens is 3. The Morgan fingerprint density at radius 1 is 0.750 bits per heavy atom. The van der Waals surface area contributed by atoms with Gasteiger partial charge < -0.3 is 5.11 Å². The largest absolute Gasteiger partial charge is 0.390 e. The third kappa shape index (κ3) is 5.86. The van der Waals surface area contributed by atoms with E-state index in [-0.39, 0.29) is 36.0 Å². The summed E-state index contributed by atoms with van der Waals surface area (Å²) in [5.74, 6) is 0. The number of rotatable bonds is 6. The van der Waals surface area contributed by atoms with E-state index in [4.69, 9.17) is 0 Å². The van der Waals surface area contributed by atoms with E-state index in [1.807, 2.05) is 44.2 Å². The van der Waals surface area contributed by atoms with Crippen LogP contribution in [-0.2, 0) is 39.7 Å². The van der Waals surface area contributed by atoms with E-state index in [2.05, 4.69) is 10.3 Å². The zero-order valence-corrected chi connectivity index (χ0v) is 23.9. The minimum absolute atomic E-state index is 0.0758. The van der Waals surface area contributed by atoms with E-state index in [0.717, 1.165) is 21.0 Å². The maximum atomic E-state index is 13.8. The molecule has 40 heavy (non-hydrogen) atoms. The molecule has 210 valence electrons. The molecule has 1 unspecified atom stereocenters. The summed E-state index contributed by atoms with van der Waals surface area (Å²) in [5.41, 5.74) is 3.52. The van der Waals surface area contributed by atoms with Crippen LogP contribution in [0.4, 0.5) is 0 Å². The van der Waals surface area contributed by atoms with Crippen molar-refractivity contribution in [3.63, 3.8) is 0 Å². The molecule has 1 atom stereocenters. The molecule has 0 radical (unpaired) electrons. The molecule has 0 amide bonds. The fourth-order valence-electron chi connectivity index (χ4n) is 4.62. The number of aryl methyl sites for hydroxylation is 2. The number of nitrogens with zero attached hydrogens (tertiary/aromatic N) is 5. The van der Waals surface area contributed by atoms with E-state index in [1.165, 1.54) is 28.6 Å². The first-order chi connectivity index (χ1) is 19.0.